The van der Waals surface area contributed by atoms with E-state index >= 15 is 0 Å². The lowest BCUT2D eigenvalue weighted by atomic mass is 10.1. The summed E-state index contributed by atoms with van der Waals surface area (Å²) in [5, 5.41) is 0.941. The van der Waals surface area contributed by atoms with Crippen molar-refractivity contribution in [3.63, 3.8) is 0 Å². The molecule has 3 aromatic carbocycles. The highest BCUT2D eigenvalue weighted by Crippen LogP contribution is 2.43. The Labute approximate surface area is 152 Å². The Kier molecular flexibility index (Phi) is 4.24. The molecular weight excluding hydrogens is 357 g/mol. The Hall–Kier alpha value is -2.66. The van der Waals surface area contributed by atoms with Gasteiger partial charge in [-0.2, -0.15) is 13.2 Å². The summed E-state index contributed by atoms with van der Waals surface area (Å²) < 4.78 is 44.3. The monoisotopic (exact) mass is 370 g/mol. The fourth-order valence-electron chi connectivity index (χ4n) is 2.73. The van der Waals surface area contributed by atoms with Crippen molar-refractivity contribution in [1.82, 2.24) is 0 Å². The molecular formula is C21H13F3OS. The Morgan fingerprint density at radius 3 is 2.08 bits per heavy atom. The van der Waals surface area contributed by atoms with Gasteiger partial charge in [0.25, 0.3) is 0 Å². The second-order valence-electron chi connectivity index (χ2n) is 5.75. The number of halogens is 3. The Bertz CT molecular complexity index is 1030. The average molecular weight is 370 g/mol. The summed E-state index contributed by atoms with van der Waals surface area (Å²) in [6.45, 7) is 0. The predicted molar refractivity (Wildman–Crippen MR) is 97.2 cm³/mol. The van der Waals surface area contributed by atoms with E-state index in [2.05, 4.69) is 0 Å². The molecule has 5 heteroatoms. The van der Waals surface area contributed by atoms with E-state index in [1.807, 2.05) is 54.6 Å². The lowest BCUT2D eigenvalue weighted by Crippen LogP contribution is -2.03. The van der Waals surface area contributed by atoms with Crippen LogP contribution in [0.25, 0.3) is 22.3 Å². The first-order valence-corrected chi connectivity index (χ1v) is 8.76. The molecule has 0 saturated carbocycles. The van der Waals surface area contributed by atoms with E-state index in [0.717, 1.165) is 44.2 Å². The number of benzene rings is 3. The minimum absolute atomic E-state index is 0.651. The maximum absolute atomic E-state index is 12.8. The van der Waals surface area contributed by atoms with E-state index in [4.69, 9.17) is 4.42 Å². The van der Waals surface area contributed by atoms with Gasteiger partial charge in [-0.25, -0.2) is 0 Å². The van der Waals surface area contributed by atoms with Crippen LogP contribution in [0.4, 0.5) is 13.2 Å². The van der Waals surface area contributed by atoms with Crippen LogP contribution in [0, 0.1) is 0 Å². The summed E-state index contributed by atoms with van der Waals surface area (Å²) >= 11 is 1.40. The number of hydrogen-bond donors (Lipinski definition) is 0. The van der Waals surface area contributed by atoms with Gasteiger partial charge in [0.05, 0.1) is 10.5 Å². The van der Waals surface area contributed by atoms with E-state index in [1.165, 1.54) is 23.9 Å². The summed E-state index contributed by atoms with van der Waals surface area (Å²) in [5.74, 6) is 0.719. The van der Waals surface area contributed by atoms with Gasteiger partial charge in [0.2, 0.25) is 0 Å². The van der Waals surface area contributed by atoms with Crippen LogP contribution in [0.2, 0.25) is 0 Å². The molecule has 26 heavy (non-hydrogen) atoms. The third-order valence-corrected chi connectivity index (χ3v) is 5.10. The molecule has 0 fully saturated rings. The Morgan fingerprint density at radius 2 is 1.38 bits per heavy atom. The summed E-state index contributed by atoms with van der Waals surface area (Å²) in [4.78, 5) is 1.62. The van der Waals surface area contributed by atoms with Crippen molar-refractivity contribution in [2.75, 3.05) is 0 Å². The first-order valence-electron chi connectivity index (χ1n) is 7.94. The molecule has 0 N–H and O–H groups in total. The fraction of sp³-hybridized carbons (Fsp3) is 0.0476. The summed E-state index contributed by atoms with van der Waals surface area (Å²) in [5.41, 5.74) is 1.03. The third-order valence-electron chi connectivity index (χ3n) is 3.99. The molecule has 130 valence electrons. The van der Waals surface area contributed by atoms with Crippen molar-refractivity contribution in [3.8, 4) is 11.3 Å². The normalized spacial score (nSPS) is 11.8. The van der Waals surface area contributed by atoms with Gasteiger partial charge in [-0.3, -0.25) is 0 Å². The maximum atomic E-state index is 12.8. The zero-order valence-corrected chi connectivity index (χ0v) is 14.3. The fourth-order valence-corrected chi connectivity index (χ4v) is 3.77. The Balaban J connectivity index is 1.78. The van der Waals surface area contributed by atoms with Crippen molar-refractivity contribution in [3.05, 3.63) is 84.4 Å². The van der Waals surface area contributed by atoms with Gasteiger partial charge in [-0.15, -0.1) is 0 Å². The molecule has 0 spiro atoms. The van der Waals surface area contributed by atoms with E-state index in [1.54, 1.807) is 0 Å². The zero-order valence-electron chi connectivity index (χ0n) is 13.5. The van der Waals surface area contributed by atoms with Crippen LogP contribution >= 0.6 is 11.8 Å². The van der Waals surface area contributed by atoms with Crippen LogP contribution in [0.15, 0.2) is 93.1 Å². The highest BCUT2D eigenvalue weighted by atomic mass is 32.2. The molecule has 0 aliphatic rings. The predicted octanol–water partition coefficient (Wildman–Crippen LogP) is 7.27. The van der Waals surface area contributed by atoms with Crippen LogP contribution in [-0.4, -0.2) is 0 Å². The smallest absolute Gasteiger partial charge is 0.416 e. The number of rotatable bonds is 3. The molecule has 0 bridgehead atoms. The first kappa shape index (κ1) is 16.8. The number of hydrogen-bond acceptors (Lipinski definition) is 2. The summed E-state index contributed by atoms with van der Waals surface area (Å²) in [7, 11) is 0. The number of fused-ring (bicyclic) bond motifs is 1. The molecule has 4 rings (SSSR count). The van der Waals surface area contributed by atoms with Gasteiger partial charge >= 0.3 is 6.18 Å². The molecule has 1 aromatic heterocycles. The first-order chi connectivity index (χ1) is 12.5. The minimum atomic E-state index is -4.33. The van der Waals surface area contributed by atoms with Crippen LogP contribution < -0.4 is 0 Å². The molecule has 1 heterocycles. The maximum Gasteiger partial charge on any atom is 0.416 e. The van der Waals surface area contributed by atoms with Crippen molar-refractivity contribution in [2.45, 2.75) is 16.0 Å². The standard InChI is InChI=1S/C21H13F3OS/c22-21(23,24)15-10-12-16(13-11-15)26-20-17-8-4-5-9-18(17)25-19(20)14-6-2-1-3-7-14/h1-13H. The van der Waals surface area contributed by atoms with E-state index in [9.17, 15) is 13.2 Å². The van der Waals surface area contributed by atoms with Crippen LogP contribution in [0.5, 0.6) is 0 Å². The second kappa shape index (κ2) is 6.57. The summed E-state index contributed by atoms with van der Waals surface area (Å²) in [6, 6.07) is 22.5. The number of furan rings is 1. The van der Waals surface area contributed by atoms with Crippen LogP contribution in [0.1, 0.15) is 5.56 Å². The lowest BCUT2D eigenvalue weighted by molar-refractivity contribution is -0.137. The van der Waals surface area contributed by atoms with E-state index in [0.29, 0.717) is 0 Å². The molecule has 4 aromatic rings. The number of alkyl halides is 3. The average Bonchev–Trinajstić information content (AvgIpc) is 3.01. The second-order valence-corrected chi connectivity index (χ2v) is 6.83. The quantitative estimate of drug-likeness (QED) is 0.376. The van der Waals surface area contributed by atoms with Gasteiger partial charge in [-0.1, -0.05) is 54.2 Å². The Morgan fingerprint density at radius 1 is 0.731 bits per heavy atom. The van der Waals surface area contributed by atoms with Gasteiger partial charge < -0.3 is 4.42 Å². The van der Waals surface area contributed by atoms with Crippen LogP contribution in [-0.2, 0) is 6.18 Å². The van der Waals surface area contributed by atoms with Gasteiger partial charge in [0.1, 0.15) is 11.3 Å². The van der Waals surface area contributed by atoms with Crippen LogP contribution in [0.3, 0.4) is 0 Å². The highest BCUT2D eigenvalue weighted by Gasteiger charge is 2.30. The van der Waals surface area contributed by atoms with Crippen molar-refractivity contribution >= 4 is 22.7 Å². The SMILES string of the molecule is FC(F)(F)c1ccc(Sc2c(-c3ccccc3)oc3ccccc23)cc1. The molecule has 0 atom stereocenters. The molecule has 0 amide bonds. The molecule has 0 aliphatic carbocycles. The van der Waals surface area contributed by atoms with E-state index in [-0.39, 0.29) is 0 Å². The van der Waals surface area contributed by atoms with Crippen molar-refractivity contribution < 1.29 is 17.6 Å². The molecule has 0 radical (unpaired) electrons. The molecule has 0 unspecified atom stereocenters. The minimum Gasteiger partial charge on any atom is -0.455 e. The van der Waals surface area contributed by atoms with Gasteiger partial charge in [0, 0.05) is 15.8 Å². The third kappa shape index (κ3) is 3.22. The molecule has 0 aliphatic heterocycles. The number of para-hydroxylation sites is 1. The highest BCUT2D eigenvalue weighted by molar-refractivity contribution is 7.99. The van der Waals surface area contributed by atoms with Crippen molar-refractivity contribution in [1.29, 1.82) is 0 Å². The lowest BCUT2D eigenvalue weighted by Gasteiger charge is -2.08. The van der Waals surface area contributed by atoms with Gasteiger partial charge in [0.15, 0.2) is 0 Å². The van der Waals surface area contributed by atoms with E-state index < -0.39 is 11.7 Å². The topological polar surface area (TPSA) is 13.1 Å². The summed E-state index contributed by atoms with van der Waals surface area (Å²) in [6.07, 6.45) is -4.33. The van der Waals surface area contributed by atoms with Crippen molar-refractivity contribution in [2.24, 2.45) is 0 Å². The molecule has 1 nitrogen and oxygen atoms in total. The molecule has 0 saturated heterocycles. The zero-order chi connectivity index (χ0) is 18.1. The van der Waals surface area contributed by atoms with Gasteiger partial charge in [-0.05, 0) is 36.4 Å². The largest absolute Gasteiger partial charge is 0.455 e.